The summed E-state index contributed by atoms with van der Waals surface area (Å²) in [6, 6.07) is 12.2. The number of ether oxygens (including phenoxy) is 1. The van der Waals surface area contributed by atoms with Crippen molar-refractivity contribution in [1.29, 1.82) is 0 Å². The smallest absolute Gasteiger partial charge is 0.163 e. The van der Waals surface area contributed by atoms with Crippen LogP contribution in [0.5, 0.6) is 0 Å². The summed E-state index contributed by atoms with van der Waals surface area (Å²) in [5, 5.41) is 0.951. The Morgan fingerprint density at radius 3 is 2.82 bits per heavy atom. The second kappa shape index (κ2) is 11.1. The van der Waals surface area contributed by atoms with Gasteiger partial charge in [-0.05, 0) is 36.4 Å². The maximum Gasteiger partial charge on any atom is 0.163 e. The molecular formula is C27H25F2N7O2S. The van der Waals surface area contributed by atoms with Gasteiger partial charge in [-0.3, -0.25) is 4.39 Å². The number of anilines is 2. The molecule has 0 aliphatic carbocycles. The van der Waals surface area contributed by atoms with Gasteiger partial charge < -0.3 is 19.2 Å². The molecule has 5 heterocycles. The lowest BCUT2D eigenvalue weighted by Crippen LogP contribution is -2.37. The molecule has 1 aliphatic heterocycles. The first kappa shape index (κ1) is 25.4. The number of halogens is 2. The average molecular weight is 550 g/mol. The van der Waals surface area contributed by atoms with Crippen molar-refractivity contribution in [3.05, 3.63) is 60.7 Å². The molecule has 0 saturated carbocycles. The van der Waals surface area contributed by atoms with Crippen LogP contribution in [0.1, 0.15) is 6.42 Å². The highest BCUT2D eigenvalue weighted by molar-refractivity contribution is 7.92. The minimum atomic E-state index is -1.60. The molecule has 0 spiro atoms. The van der Waals surface area contributed by atoms with Crippen LogP contribution in [0.3, 0.4) is 0 Å². The molecule has 5 aromatic rings. The molecule has 1 fully saturated rings. The van der Waals surface area contributed by atoms with Gasteiger partial charge in [-0.2, -0.15) is 0 Å². The number of rotatable bonds is 8. The molecule has 1 saturated heterocycles. The van der Waals surface area contributed by atoms with E-state index in [1.165, 1.54) is 6.07 Å². The highest BCUT2D eigenvalue weighted by Gasteiger charge is 2.21. The Balaban J connectivity index is 1.43. The van der Waals surface area contributed by atoms with E-state index in [1.807, 2.05) is 18.3 Å². The number of nitrogens with one attached hydrogen (secondary N) is 2. The van der Waals surface area contributed by atoms with Crippen LogP contribution in [0.15, 0.2) is 54.9 Å². The van der Waals surface area contributed by atoms with Crippen LogP contribution in [-0.2, 0) is 16.1 Å². The number of morpholine rings is 1. The van der Waals surface area contributed by atoms with Gasteiger partial charge in [0.25, 0.3) is 0 Å². The molecule has 6 rings (SSSR count). The molecule has 1 aromatic carbocycles. The summed E-state index contributed by atoms with van der Waals surface area (Å²) in [6.07, 6.45) is 3.70. The summed E-state index contributed by atoms with van der Waals surface area (Å²) in [5.41, 5.74) is 3.40. The zero-order valence-electron chi connectivity index (χ0n) is 20.9. The van der Waals surface area contributed by atoms with Gasteiger partial charge in [0.1, 0.15) is 22.6 Å². The molecule has 2 N–H and O–H groups in total. The lowest BCUT2D eigenvalue weighted by atomic mass is 10.1. The van der Waals surface area contributed by atoms with Crippen molar-refractivity contribution >= 4 is 44.9 Å². The molecule has 0 radical (unpaired) electrons. The molecule has 0 amide bonds. The number of benzene rings is 1. The van der Waals surface area contributed by atoms with Crippen molar-refractivity contribution in [2.45, 2.75) is 6.42 Å². The molecule has 200 valence electrons. The Bertz CT molecular complexity index is 1630. The van der Waals surface area contributed by atoms with Gasteiger partial charge in [0.15, 0.2) is 17.5 Å². The quantitative estimate of drug-likeness (QED) is 0.269. The van der Waals surface area contributed by atoms with Gasteiger partial charge >= 0.3 is 0 Å². The second-order valence-corrected chi connectivity index (χ2v) is 10.3. The molecule has 4 aromatic heterocycles. The zero-order valence-corrected chi connectivity index (χ0v) is 21.7. The summed E-state index contributed by atoms with van der Waals surface area (Å²) >= 11 is -1.60. The molecule has 1 atom stereocenters. The Morgan fingerprint density at radius 1 is 1.10 bits per heavy atom. The Morgan fingerprint density at radius 2 is 1.97 bits per heavy atom. The standard InChI is InChI=1S/C27H25F2N7O2S/c28-8-2-14-39(37)35-21-4-1-3-19(23(21)29)20-5-6-22-24(32-20)27(36-10-12-38-13-11-36)34-26(33-22)18-15-17-7-9-30-25(17)31-16-18/h1,3-7,9,15-16,35H,2,8,10-14H2,(H,30,31). The largest absolute Gasteiger partial charge is 0.593 e. The summed E-state index contributed by atoms with van der Waals surface area (Å²) < 4.78 is 48.3. The van der Waals surface area contributed by atoms with Crippen LogP contribution in [0, 0.1) is 5.82 Å². The third kappa shape index (κ3) is 5.22. The van der Waals surface area contributed by atoms with E-state index < -0.39 is 23.9 Å². The number of hydrogen-bond acceptors (Lipinski definition) is 8. The first-order valence-electron chi connectivity index (χ1n) is 12.6. The first-order chi connectivity index (χ1) is 19.1. The van der Waals surface area contributed by atoms with E-state index in [9.17, 15) is 8.94 Å². The van der Waals surface area contributed by atoms with Crippen molar-refractivity contribution in [3.8, 4) is 22.6 Å². The fraction of sp³-hybridized carbons (Fsp3) is 0.259. The number of hydrogen-bond donors (Lipinski definition) is 2. The summed E-state index contributed by atoms with van der Waals surface area (Å²) in [7, 11) is 0. The molecule has 12 heteroatoms. The third-order valence-corrected chi connectivity index (χ3v) is 7.56. The van der Waals surface area contributed by atoms with E-state index in [2.05, 4.69) is 19.6 Å². The lowest BCUT2D eigenvalue weighted by molar-refractivity contribution is 0.122. The maximum absolute atomic E-state index is 15.5. The van der Waals surface area contributed by atoms with Crippen LogP contribution >= 0.6 is 0 Å². The van der Waals surface area contributed by atoms with Gasteiger partial charge in [-0.15, -0.1) is 0 Å². The number of aromatic nitrogens is 5. The Hall–Kier alpha value is -3.87. The third-order valence-electron chi connectivity index (χ3n) is 6.45. The molecular weight excluding hydrogens is 524 g/mol. The van der Waals surface area contributed by atoms with Crippen molar-refractivity contribution < 1.29 is 18.1 Å². The van der Waals surface area contributed by atoms with Crippen molar-refractivity contribution in [1.82, 2.24) is 24.9 Å². The average Bonchev–Trinajstić information content (AvgIpc) is 3.45. The predicted octanol–water partition coefficient (Wildman–Crippen LogP) is 4.65. The first-order valence-corrected chi connectivity index (χ1v) is 13.9. The molecule has 39 heavy (non-hydrogen) atoms. The SMILES string of the molecule is [O-][S+](CCCF)Nc1cccc(-c2ccc3nc(-c4cnc5[nH]ccc5c4)nc(N4CCOCC4)c3n2)c1F. The second-order valence-electron chi connectivity index (χ2n) is 9.04. The Kier molecular flexibility index (Phi) is 7.22. The molecule has 0 bridgehead atoms. The molecule has 1 unspecified atom stereocenters. The van der Waals surface area contributed by atoms with Crippen LogP contribution < -0.4 is 9.62 Å². The lowest BCUT2D eigenvalue weighted by Gasteiger charge is -2.28. The van der Waals surface area contributed by atoms with Crippen molar-refractivity contribution in [2.24, 2.45) is 0 Å². The van der Waals surface area contributed by atoms with Crippen molar-refractivity contribution in [2.75, 3.05) is 48.4 Å². The van der Waals surface area contributed by atoms with E-state index in [0.29, 0.717) is 54.7 Å². The Labute approximate surface area is 226 Å². The molecule has 1 aliphatic rings. The minimum absolute atomic E-state index is 0.0687. The number of fused-ring (bicyclic) bond motifs is 2. The maximum atomic E-state index is 15.5. The highest BCUT2D eigenvalue weighted by atomic mass is 32.2. The van der Waals surface area contributed by atoms with E-state index in [1.54, 1.807) is 30.5 Å². The number of H-pyrrole nitrogens is 1. The van der Waals surface area contributed by atoms with Crippen LogP contribution in [0.4, 0.5) is 20.3 Å². The highest BCUT2D eigenvalue weighted by Crippen LogP contribution is 2.32. The van der Waals surface area contributed by atoms with E-state index in [0.717, 1.165) is 16.6 Å². The zero-order chi connectivity index (χ0) is 26.8. The summed E-state index contributed by atoms with van der Waals surface area (Å²) in [4.78, 5) is 24.1. The van der Waals surface area contributed by atoms with Gasteiger partial charge in [0, 0.05) is 48.4 Å². The van der Waals surface area contributed by atoms with Gasteiger partial charge in [0.05, 0.1) is 42.5 Å². The van der Waals surface area contributed by atoms with Crippen LogP contribution in [0.2, 0.25) is 0 Å². The van der Waals surface area contributed by atoms with Gasteiger partial charge in [-0.1, -0.05) is 6.07 Å². The van der Waals surface area contributed by atoms with Gasteiger partial charge in [0.2, 0.25) is 0 Å². The predicted molar refractivity (Wildman–Crippen MR) is 148 cm³/mol. The van der Waals surface area contributed by atoms with Crippen LogP contribution in [-0.4, -0.2) is 68.2 Å². The van der Waals surface area contributed by atoms with E-state index >= 15 is 4.39 Å². The monoisotopic (exact) mass is 549 g/mol. The number of aromatic amines is 1. The summed E-state index contributed by atoms with van der Waals surface area (Å²) in [6.45, 7) is 1.79. The summed E-state index contributed by atoms with van der Waals surface area (Å²) in [5.74, 6) is 0.650. The number of pyridine rings is 2. The fourth-order valence-electron chi connectivity index (χ4n) is 4.50. The molecule has 9 nitrogen and oxygen atoms in total. The minimum Gasteiger partial charge on any atom is -0.593 e. The fourth-order valence-corrected chi connectivity index (χ4v) is 5.38. The topological polar surface area (TPSA) is 115 Å². The normalized spacial score (nSPS) is 14.7. The van der Waals surface area contributed by atoms with Crippen molar-refractivity contribution in [3.63, 3.8) is 0 Å². The van der Waals surface area contributed by atoms with E-state index in [-0.39, 0.29) is 23.4 Å². The number of nitrogens with zero attached hydrogens (tertiary/aromatic N) is 5. The van der Waals surface area contributed by atoms with E-state index in [4.69, 9.17) is 19.7 Å². The van der Waals surface area contributed by atoms with Crippen LogP contribution in [0.25, 0.3) is 44.7 Å². The van der Waals surface area contributed by atoms with Gasteiger partial charge in [-0.25, -0.2) is 29.0 Å². The number of alkyl halides is 1.